The van der Waals surface area contributed by atoms with E-state index in [1.807, 2.05) is 12.1 Å². The van der Waals surface area contributed by atoms with Crippen LogP contribution in [0, 0.1) is 5.92 Å². The Morgan fingerprint density at radius 2 is 2.21 bits per heavy atom. The Morgan fingerprint density at radius 3 is 2.84 bits per heavy atom. The SMILES string of the molecule is CN1CCC(CN(C)c2ccnc(C(N)=S)c2)CC1. The highest BCUT2D eigenvalue weighted by Crippen LogP contribution is 2.20. The highest BCUT2D eigenvalue weighted by Gasteiger charge is 2.18. The number of piperidine rings is 1. The zero-order valence-corrected chi connectivity index (χ0v) is 12.5. The second-order valence-corrected chi connectivity index (χ2v) is 5.83. The highest BCUT2D eigenvalue weighted by molar-refractivity contribution is 7.80. The summed E-state index contributed by atoms with van der Waals surface area (Å²) >= 11 is 4.97. The van der Waals surface area contributed by atoms with E-state index in [9.17, 15) is 0 Å². The van der Waals surface area contributed by atoms with Crippen LogP contribution in [0.3, 0.4) is 0 Å². The van der Waals surface area contributed by atoms with E-state index in [0.29, 0.717) is 10.7 Å². The first-order valence-electron chi connectivity index (χ1n) is 6.72. The van der Waals surface area contributed by atoms with Gasteiger partial charge in [-0.2, -0.15) is 0 Å². The molecule has 1 aromatic heterocycles. The van der Waals surface area contributed by atoms with E-state index in [4.69, 9.17) is 18.0 Å². The normalized spacial score (nSPS) is 17.4. The van der Waals surface area contributed by atoms with Crippen molar-refractivity contribution in [2.24, 2.45) is 11.7 Å². The topological polar surface area (TPSA) is 45.4 Å². The van der Waals surface area contributed by atoms with E-state index in [0.717, 1.165) is 18.2 Å². The number of thiocarbonyl (C=S) groups is 1. The lowest BCUT2D eigenvalue weighted by Crippen LogP contribution is -2.35. The van der Waals surface area contributed by atoms with E-state index in [1.165, 1.54) is 25.9 Å². The van der Waals surface area contributed by atoms with Crippen LogP contribution in [0.25, 0.3) is 0 Å². The number of likely N-dealkylation sites (tertiary alicyclic amines) is 1. The molecule has 2 rings (SSSR count). The molecular weight excluding hydrogens is 256 g/mol. The molecule has 0 saturated carbocycles. The molecule has 4 nitrogen and oxygen atoms in total. The lowest BCUT2D eigenvalue weighted by Gasteiger charge is -2.32. The fraction of sp³-hybridized carbons (Fsp3) is 0.571. The minimum Gasteiger partial charge on any atom is -0.388 e. The quantitative estimate of drug-likeness (QED) is 0.846. The zero-order valence-electron chi connectivity index (χ0n) is 11.7. The minimum absolute atomic E-state index is 0.356. The van der Waals surface area contributed by atoms with Crippen molar-refractivity contribution >= 4 is 22.9 Å². The van der Waals surface area contributed by atoms with E-state index < -0.39 is 0 Å². The van der Waals surface area contributed by atoms with Crippen LogP contribution in [0.2, 0.25) is 0 Å². The molecule has 1 fully saturated rings. The van der Waals surface area contributed by atoms with E-state index in [2.05, 4.69) is 28.9 Å². The van der Waals surface area contributed by atoms with E-state index in [-0.39, 0.29) is 0 Å². The van der Waals surface area contributed by atoms with Crippen molar-refractivity contribution in [2.45, 2.75) is 12.8 Å². The van der Waals surface area contributed by atoms with Crippen LogP contribution in [0.4, 0.5) is 5.69 Å². The van der Waals surface area contributed by atoms with Gasteiger partial charge in [-0.25, -0.2) is 0 Å². The van der Waals surface area contributed by atoms with Crippen LogP contribution in [0.1, 0.15) is 18.5 Å². The third-order valence-electron chi connectivity index (χ3n) is 3.81. The van der Waals surface area contributed by atoms with Crippen LogP contribution in [-0.4, -0.2) is 48.6 Å². The zero-order chi connectivity index (χ0) is 13.8. The summed E-state index contributed by atoms with van der Waals surface area (Å²) in [5.41, 5.74) is 7.46. The van der Waals surface area contributed by atoms with Gasteiger partial charge in [-0.05, 0) is 51.0 Å². The van der Waals surface area contributed by atoms with Crippen LogP contribution < -0.4 is 10.6 Å². The van der Waals surface area contributed by atoms with Crippen molar-refractivity contribution < 1.29 is 0 Å². The molecule has 1 aliphatic heterocycles. The van der Waals surface area contributed by atoms with Gasteiger partial charge >= 0.3 is 0 Å². The number of nitrogens with zero attached hydrogens (tertiary/aromatic N) is 3. The number of anilines is 1. The van der Waals surface area contributed by atoms with Gasteiger partial charge in [0, 0.05) is 25.5 Å². The molecule has 2 N–H and O–H groups in total. The van der Waals surface area contributed by atoms with Crippen molar-refractivity contribution in [3.05, 3.63) is 24.0 Å². The Labute approximate surface area is 120 Å². The average Bonchev–Trinajstić information content (AvgIpc) is 2.41. The maximum atomic E-state index is 5.63. The largest absolute Gasteiger partial charge is 0.388 e. The maximum absolute atomic E-state index is 5.63. The molecule has 0 unspecified atom stereocenters. The smallest absolute Gasteiger partial charge is 0.122 e. The Hall–Kier alpha value is -1.20. The molecule has 0 radical (unpaired) electrons. The standard InChI is InChI=1S/C14H22N4S/c1-17-7-4-11(5-8-17)10-18(2)12-3-6-16-13(9-12)14(15)19/h3,6,9,11H,4-5,7-8,10H2,1-2H3,(H2,15,19). The van der Waals surface area contributed by atoms with Crippen LogP contribution in [0.15, 0.2) is 18.3 Å². The number of rotatable bonds is 4. The van der Waals surface area contributed by atoms with E-state index in [1.54, 1.807) is 6.20 Å². The highest BCUT2D eigenvalue weighted by atomic mass is 32.1. The predicted molar refractivity (Wildman–Crippen MR) is 83.6 cm³/mol. The molecule has 0 aliphatic carbocycles. The molecule has 1 saturated heterocycles. The van der Waals surface area contributed by atoms with Gasteiger partial charge in [0.2, 0.25) is 0 Å². The van der Waals surface area contributed by atoms with Crippen LogP contribution in [-0.2, 0) is 0 Å². The number of hydrogen-bond acceptors (Lipinski definition) is 4. The summed E-state index contributed by atoms with van der Waals surface area (Å²) < 4.78 is 0. The fourth-order valence-corrected chi connectivity index (χ4v) is 2.64. The van der Waals surface area contributed by atoms with Gasteiger partial charge in [0.05, 0.1) is 5.69 Å². The van der Waals surface area contributed by atoms with Crippen molar-refractivity contribution in [1.82, 2.24) is 9.88 Å². The fourth-order valence-electron chi connectivity index (χ4n) is 2.53. The Bertz CT molecular complexity index is 441. The summed E-state index contributed by atoms with van der Waals surface area (Å²) in [4.78, 5) is 9.21. The lowest BCUT2D eigenvalue weighted by molar-refractivity contribution is 0.222. The van der Waals surface area contributed by atoms with Crippen LogP contribution in [0.5, 0.6) is 0 Å². The molecule has 2 heterocycles. The third kappa shape index (κ3) is 3.88. The lowest BCUT2D eigenvalue weighted by atomic mass is 9.96. The predicted octanol–water partition coefficient (Wildman–Crippen LogP) is 1.49. The molecule has 1 aromatic rings. The van der Waals surface area contributed by atoms with Gasteiger partial charge in [-0.1, -0.05) is 12.2 Å². The molecule has 0 aromatic carbocycles. The van der Waals surface area contributed by atoms with Crippen molar-refractivity contribution in [2.75, 3.05) is 38.6 Å². The summed E-state index contributed by atoms with van der Waals surface area (Å²) in [7, 11) is 4.31. The number of aromatic nitrogens is 1. The summed E-state index contributed by atoms with van der Waals surface area (Å²) in [5.74, 6) is 0.766. The first-order valence-corrected chi connectivity index (χ1v) is 7.12. The molecule has 0 spiro atoms. The number of pyridine rings is 1. The monoisotopic (exact) mass is 278 g/mol. The first kappa shape index (κ1) is 14.2. The van der Waals surface area contributed by atoms with Gasteiger partial charge in [0.1, 0.15) is 4.99 Å². The maximum Gasteiger partial charge on any atom is 0.122 e. The Kier molecular flexibility index (Phi) is 4.71. The van der Waals surface area contributed by atoms with Gasteiger partial charge in [-0.3, -0.25) is 4.98 Å². The van der Waals surface area contributed by atoms with Gasteiger partial charge in [0.25, 0.3) is 0 Å². The van der Waals surface area contributed by atoms with Crippen LogP contribution >= 0.6 is 12.2 Å². The summed E-state index contributed by atoms with van der Waals surface area (Å²) in [6, 6.07) is 3.98. The molecule has 0 bridgehead atoms. The second kappa shape index (κ2) is 6.30. The van der Waals surface area contributed by atoms with Gasteiger partial charge in [0.15, 0.2) is 0 Å². The number of nitrogens with two attached hydrogens (primary N) is 1. The summed E-state index contributed by atoms with van der Waals surface area (Å²) in [6.07, 6.45) is 4.32. The first-order chi connectivity index (χ1) is 9.06. The third-order valence-corrected chi connectivity index (χ3v) is 4.02. The Morgan fingerprint density at radius 1 is 1.53 bits per heavy atom. The van der Waals surface area contributed by atoms with Crippen molar-refractivity contribution in [1.29, 1.82) is 0 Å². The molecule has 19 heavy (non-hydrogen) atoms. The molecule has 104 valence electrons. The van der Waals surface area contributed by atoms with E-state index >= 15 is 0 Å². The minimum atomic E-state index is 0.356. The summed E-state index contributed by atoms with van der Waals surface area (Å²) in [5, 5.41) is 0. The molecule has 0 amide bonds. The molecule has 0 atom stereocenters. The summed E-state index contributed by atoms with van der Waals surface area (Å²) in [6.45, 7) is 3.48. The molecule has 5 heteroatoms. The molecule has 1 aliphatic rings. The Balaban J connectivity index is 1.97. The van der Waals surface area contributed by atoms with Gasteiger partial charge < -0.3 is 15.5 Å². The van der Waals surface area contributed by atoms with Crippen molar-refractivity contribution in [3.63, 3.8) is 0 Å². The van der Waals surface area contributed by atoms with Gasteiger partial charge in [-0.15, -0.1) is 0 Å². The molecular formula is C14H22N4S. The van der Waals surface area contributed by atoms with Crippen molar-refractivity contribution in [3.8, 4) is 0 Å². The second-order valence-electron chi connectivity index (χ2n) is 5.39. The number of hydrogen-bond donors (Lipinski definition) is 1. The average molecular weight is 278 g/mol.